The largest absolute Gasteiger partial charge is 0.282 e. The molecular formula is C8H9NOS. The number of hydrogen-bond donors (Lipinski definition) is 0. The molecule has 11 heavy (non-hydrogen) atoms. The molecule has 0 saturated carbocycles. The van der Waals surface area contributed by atoms with Gasteiger partial charge in [-0.25, -0.2) is 0 Å². The molecule has 1 rings (SSSR count). The number of aromatic nitrogens is 1. The summed E-state index contributed by atoms with van der Waals surface area (Å²) in [4.78, 5) is 15.1. The summed E-state index contributed by atoms with van der Waals surface area (Å²) < 4.78 is 0. The SMILES string of the molecule is CSC(=O)c1ccc(C)nc1. The van der Waals surface area contributed by atoms with Gasteiger partial charge in [0.2, 0.25) is 5.12 Å². The molecule has 0 N–H and O–H groups in total. The van der Waals surface area contributed by atoms with Crippen molar-refractivity contribution >= 4 is 16.9 Å². The van der Waals surface area contributed by atoms with E-state index in [1.54, 1.807) is 18.5 Å². The summed E-state index contributed by atoms with van der Waals surface area (Å²) in [5.41, 5.74) is 1.60. The average Bonchev–Trinajstić information content (AvgIpc) is 2.05. The minimum atomic E-state index is 0.0671. The lowest BCUT2D eigenvalue weighted by Crippen LogP contribution is -1.93. The van der Waals surface area contributed by atoms with Crippen LogP contribution >= 0.6 is 11.8 Å². The molecule has 0 bridgehead atoms. The summed E-state index contributed by atoms with van der Waals surface area (Å²) in [5.74, 6) is 0. The number of hydrogen-bond acceptors (Lipinski definition) is 3. The van der Waals surface area contributed by atoms with Gasteiger partial charge in [-0.15, -0.1) is 0 Å². The molecule has 1 heterocycles. The van der Waals surface area contributed by atoms with Crippen LogP contribution in [-0.4, -0.2) is 16.4 Å². The summed E-state index contributed by atoms with van der Waals surface area (Å²) in [7, 11) is 0. The quantitative estimate of drug-likeness (QED) is 0.639. The fourth-order valence-corrected chi connectivity index (χ4v) is 1.06. The third kappa shape index (κ3) is 2.05. The van der Waals surface area contributed by atoms with Crippen molar-refractivity contribution in [2.45, 2.75) is 6.92 Å². The topological polar surface area (TPSA) is 30.0 Å². The lowest BCUT2D eigenvalue weighted by atomic mass is 10.3. The molecule has 58 valence electrons. The summed E-state index contributed by atoms with van der Waals surface area (Å²) in [6.07, 6.45) is 3.37. The molecule has 2 nitrogen and oxygen atoms in total. The first-order chi connectivity index (χ1) is 5.24. The van der Waals surface area contributed by atoms with Crippen LogP contribution in [0.4, 0.5) is 0 Å². The summed E-state index contributed by atoms with van der Waals surface area (Å²) in [5, 5.41) is 0.0671. The fraction of sp³-hybridized carbons (Fsp3) is 0.250. The van der Waals surface area contributed by atoms with Crippen LogP contribution in [-0.2, 0) is 0 Å². The summed E-state index contributed by atoms with van der Waals surface area (Å²) in [6.45, 7) is 1.90. The Labute approximate surface area is 70.0 Å². The van der Waals surface area contributed by atoms with Gasteiger partial charge in [0.1, 0.15) is 0 Å². The second-order valence-electron chi connectivity index (χ2n) is 2.18. The van der Waals surface area contributed by atoms with Gasteiger partial charge in [-0.2, -0.15) is 0 Å². The third-order valence-electron chi connectivity index (χ3n) is 1.33. The molecule has 0 aromatic carbocycles. The second-order valence-corrected chi connectivity index (χ2v) is 2.96. The number of carbonyl (C=O) groups is 1. The zero-order valence-electron chi connectivity index (χ0n) is 6.50. The lowest BCUT2D eigenvalue weighted by Gasteiger charge is -1.95. The van der Waals surface area contributed by atoms with Crippen LogP contribution in [0.5, 0.6) is 0 Å². The first-order valence-corrected chi connectivity index (χ1v) is 4.47. The van der Waals surface area contributed by atoms with E-state index in [1.807, 2.05) is 13.0 Å². The Bertz CT molecular complexity index is 255. The van der Waals surface area contributed by atoms with Crippen molar-refractivity contribution in [2.24, 2.45) is 0 Å². The van der Waals surface area contributed by atoms with E-state index in [4.69, 9.17) is 0 Å². The Morgan fingerprint density at radius 2 is 2.27 bits per heavy atom. The first-order valence-electron chi connectivity index (χ1n) is 3.25. The van der Waals surface area contributed by atoms with E-state index in [9.17, 15) is 4.79 Å². The van der Waals surface area contributed by atoms with Crippen LogP contribution in [0.25, 0.3) is 0 Å². The van der Waals surface area contributed by atoms with Gasteiger partial charge < -0.3 is 0 Å². The van der Waals surface area contributed by atoms with Crippen molar-refractivity contribution in [3.05, 3.63) is 29.6 Å². The van der Waals surface area contributed by atoms with Crippen molar-refractivity contribution in [1.82, 2.24) is 4.98 Å². The van der Waals surface area contributed by atoms with Crippen LogP contribution in [0.3, 0.4) is 0 Å². The zero-order chi connectivity index (χ0) is 8.27. The maximum Gasteiger partial charge on any atom is 0.220 e. The van der Waals surface area contributed by atoms with Gasteiger partial charge >= 0.3 is 0 Å². The van der Waals surface area contributed by atoms with Crippen LogP contribution in [0.15, 0.2) is 18.3 Å². The Balaban J connectivity index is 2.90. The first kappa shape index (κ1) is 8.27. The molecular weight excluding hydrogens is 158 g/mol. The Morgan fingerprint density at radius 3 is 2.73 bits per heavy atom. The van der Waals surface area contributed by atoms with Gasteiger partial charge in [-0.3, -0.25) is 9.78 Å². The van der Waals surface area contributed by atoms with E-state index in [0.717, 1.165) is 5.69 Å². The van der Waals surface area contributed by atoms with Crippen LogP contribution < -0.4 is 0 Å². The van der Waals surface area contributed by atoms with Gasteiger partial charge in [0.05, 0.1) is 0 Å². The molecule has 1 aromatic rings. The lowest BCUT2D eigenvalue weighted by molar-refractivity contribution is 0.108. The molecule has 0 saturated heterocycles. The van der Waals surface area contributed by atoms with Crippen LogP contribution in [0, 0.1) is 6.92 Å². The Hall–Kier alpha value is -0.830. The van der Waals surface area contributed by atoms with Crippen molar-refractivity contribution in [1.29, 1.82) is 0 Å². The van der Waals surface area contributed by atoms with Crippen molar-refractivity contribution in [3.63, 3.8) is 0 Å². The average molecular weight is 167 g/mol. The van der Waals surface area contributed by atoms with E-state index >= 15 is 0 Å². The molecule has 0 aliphatic rings. The highest BCUT2D eigenvalue weighted by Gasteiger charge is 2.01. The second kappa shape index (κ2) is 3.53. The maximum atomic E-state index is 11.0. The van der Waals surface area contributed by atoms with E-state index < -0.39 is 0 Å². The minimum absolute atomic E-state index is 0.0671. The predicted molar refractivity (Wildman–Crippen MR) is 46.8 cm³/mol. The van der Waals surface area contributed by atoms with E-state index in [2.05, 4.69) is 4.98 Å². The van der Waals surface area contributed by atoms with E-state index in [-0.39, 0.29) is 5.12 Å². The number of carbonyl (C=O) groups excluding carboxylic acids is 1. The molecule has 3 heteroatoms. The van der Waals surface area contributed by atoms with Crippen molar-refractivity contribution in [3.8, 4) is 0 Å². The van der Waals surface area contributed by atoms with Gasteiger partial charge in [0, 0.05) is 17.5 Å². The number of thioether (sulfide) groups is 1. The molecule has 1 aromatic heterocycles. The normalized spacial score (nSPS) is 9.64. The molecule has 0 aliphatic carbocycles. The third-order valence-corrected chi connectivity index (χ3v) is 1.94. The monoisotopic (exact) mass is 167 g/mol. The van der Waals surface area contributed by atoms with Crippen molar-refractivity contribution < 1.29 is 4.79 Å². The summed E-state index contributed by atoms with van der Waals surface area (Å²) in [6, 6.07) is 3.63. The van der Waals surface area contributed by atoms with E-state index in [0.29, 0.717) is 5.56 Å². The van der Waals surface area contributed by atoms with Crippen LogP contribution in [0.1, 0.15) is 16.1 Å². The minimum Gasteiger partial charge on any atom is -0.282 e. The molecule has 0 atom stereocenters. The Morgan fingerprint density at radius 1 is 1.55 bits per heavy atom. The number of rotatable bonds is 1. The smallest absolute Gasteiger partial charge is 0.220 e. The highest BCUT2D eigenvalue weighted by atomic mass is 32.2. The molecule has 0 radical (unpaired) electrons. The number of pyridine rings is 1. The fourth-order valence-electron chi connectivity index (χ4n) is 0.706. The number of nitrogens with zero attached hydrogens (tertiary/aromatic N) is 1. The highest BCUT2D eigenvalue weighted by Crippen LogP contribution is 2.07. The van der Waals surface area contributed by atoms with Crippen LogP contribution in [0.2, 0.25) is 0 Å². The molecule has 0 amide bonds. The van der Waals surface area contributed by atoms with Gasteiger partial charge in [0.15, 0.2) is 0 Å². The standard InChI is InChI=1S/C8H9NOS/c1-6-3-4-7(5-9-6)8(10)11-2/h3-5H,1-2H3. The predicted octanol–water partition coefficient (Wildman–Crippen LogP) is 1.89. The maximum absolute atomic E-state index is 11.0. The van der Waals surface area contributed by atoms with Gasteiger partial charge in [-0.05, 0) is 25.3 Å². The molecule has 0 unspecified atom stereocenters. The molecule has 0 spiro atoms. The highest BCUT2D eigenvalue weighted by molar-refractivity contribution is 8.13. The molecule has 0 fully saturated rings. The van der Waals surface area contributed by atoms with Gasteiger partial charge in [-0.1, -0.05) is 11.8 Å². The molecule has 0 aliphatic heterocycles. The zero-order valence-corrected chi connectivity index (χ0v) is 7.31. The van der Waals surface area contributed by atoms with E-state index in [1.165, 1.54) is 11.8 Å². The Kier molecular flexibility index (Phi) is 2.65. The number of aryl methyl sites for hydroxylation is 1. The van der Waals surface area contributed by atoms with Crippen molar-refractivity contribution in [2.75, 3.05) is 6.26 Å². The van der Waals surface area contributed by atoms with Gasteiger partial charge in [0.25, 0.3) is 0 Å². The summed E-state index contributed by atoms with van der Waals surface area (Å²) >= 11 is 1.20.